The molecule has 0 aromatic carbocycles. The molecular formula is C12H21N3O4. The smallest absolute Gasteiger partial charge is 0.306 e. The van der Waals surface area contributed by atoms with Gasteiger partial charge in [0, 0.05) is 33.1 Å². The summed E-state index contributed by atoms with van der Waals surface area (Å²) in [5, 5.41) is 14.3. The maximum Gasteiger partial charge on any atom is 0.306 e. The Kier molecular flexibility index (Phi) is 6.27. The molecule has 0 bridgehead atoms. The SMILES string of the molecule is CNC(=O)CCNCC(=O)N1CCC(C(=O)O)CC1. The molecule has 1 saturated heterocycles. The molecule has 0 aromatic rings. The van der Waals surface area contributed by atoms with Crippen LogP contribution in [0.4, 0.5) is 0 Å². The highest BCUT2D eigenvalue weighted by molar-refractivity contribution is 5.79. The van der Waals surface area contributed by atoms with Crippen LogP contribution in [0.15, 0.2) is 0 Å². The number of hydrogen-bond acceptors (Lipinski definition) is 4. The van der Waals surface area contributed by atoms with Gasteiger partial charge in [0.15, 0.2) is 0 Å². The summed E-state index contributed by atoms with van der Waals surface area (Å²) < 4.78 is 0. The van der Waals surface area contributed by atoms with E-state index in [0.717, 1.165) is 0 Å². The molecule has 1 heterocycles. The molecule has 0 aliphatic carbocycles. The predicted molar refractivity (Wildman–Crippen MR) is 68.5 cm³/mol. The quantitative estimate of drug-likeness (QED) is 0.540. The number of nitrogens with zero attached hydrogens (tertiary/aromatic N) is 1. The van der Waals surface area contributed by atoms with Gasteiger partial charge in [-0.05, 0) is 12.8 Å². The second kappa shape index (κ2) is 7.73. The lowest BCUT2D eigenvalue weighted by Crippen LogP contribution is -2.44. The van der Waals surface area contributed by atoms with Gasteiger partial charge in [-0.15, -0.1) is 0 Å². The zero-order chi connectivity index (χ0) is 14.3. The van der Waals surface area contributed by atoms with Crippen molar-refractivity contribution in [1.82, 2.24) is 15.5 Å². The summed E-state index contributed by atoms with van der Waals surface area (Å²) in [7, 11) is 1.57. The Morgan fingerprint density at radius 3 is 2.42 bits per heavy atom. The van der Waals surface area contributed by atoms with Crippen LogP contribution in [-0.4, -0.2) is 61.0 Å². The molecule has 0 spiro atoms. The third-order valence-electron chi connectivity index (χ3n) is 3.28. The van der Waals surface area contributed by atoms with Gasteiger partial charge in [0.05, 0.1) is 12.5 Å². The summed E-state index contributed by atoms with van der Waals surface area (Å²) in [6, 6.07) is 0. The Labute approximate surface area is 112 Å². The highest BCUT2D eigenvalue weighted by atomic mass is 16.4. The van der Waals surface area contributed by atoms with Gasteiger partial charge in [0.1, 0.15) is 0 Å². The van der Waals surface area contributed by atoms with Gasteiger partial charge in [0.2, 0.25) is 11.8 Å². The van der Waals surface area contributed by atoms with E-state index in [2.05, 4.69) is 10.6 Å². The number of carbonyl (C=O) groups is 3. The monoisotopic (exact) mass is 271 g/mol. The Morgan fingerprint density at radius 1 is 1.26 bits per heavy atom. The second-order valence-electron chi connectivity index (χ2n) is 4.59. The zero-order valence-electron chi connectivity index (χ0n) is 11.1. The summed E-state index contributed by atoms with van der Waals surface area (Å²) in [4.78, 5) is 35.2. The zero-order valence-corrected chi connectivity index (χ0v) is 11.1. The molecule has 0 saturated carbocycles. The van der Waals surface area contributed by atoms with Crippen molar-refractivity contribution < 1.29 is 19.5 Å². The molecule has 1 aliphatic heterocycles. The molecule has 108 valence electrons. The molecule has 2 amide bonds. The average molecular weight is 271 g/mol. The van der Waals surface area contributed by atoms with Crippen LogP contribution in [0.1, 0.15) is 19.3 Å². The fourth-order valence-corrected chi connectivity index (χ4v) is 2.01. The summed E-state index contributed by atoms with van der Waals surface area (Å²) in [5.41, 5.74) is 0. The van der Waals surface area contributed by atoms with E-state index < -0.39 is 5.97 Å². The maximum atomic E-state index is 11.8. The van der Waals surface area contributed by atoms with Crippen molar-refractivity contribution in [1.29, 1.82) is 0 Å². The fourth-order valence-electron chi connectivity index (χ4n) is 2.01. The van der Waals surface area contributed by atoms with Gasteiger partial charge >= 0.3 is 5.97 Å². The maximum absolute atomic E-state index is 11.8. The van der Waals surface area contributed by atoms with Crippen molar-refractivity contribution in [2.75, 3.05) is 33.2 Å². The van der Waals surface area contributed by atoms with E-state index in [1.807, 2.05) is 0 Å². The number of amides is 2. The molecule has 19 heavy (non-hydrogen) atoms. The molecule has 0 atom stereocenters. The van der Waals surface area contributed by atoms with Gasteiger partial charge in [-0.25, -0.2) is 0 Å². The third-order valence-corrected chi connectivity index (χ3v) is 3.28. The normalized spacial score (nSPS) is 16.2. The third kappa shape index (κ3) is 5.25. The number of likely N-dealkylation sites (tertiary alicyclic amines) is 1. The van der Waals surface area contributed by atoms with Crippen LogP contribution < -0.4 is 10.6 Å². The molecule has 1 aliphatic rings. The first-order chi connectivity index (χ1) is 9.04. The van der Waals surface area contributed by atoms with Gasteiger partial charge in [-0.3, -0.25) is 14.4 Å². The molecule has 7 heteroatoms. The lowest BCUT2D eigenvalue weighted by atomic mass is 9.97. The van der Waals surface area contributed by atoms with Crippen molar-refractivity contribution in [3.05, 3.63) is 0 Å². The van der Waals surface area contributed by atoms with Crippen molar-refractivity contribution in [3.63, 3.8) is 0 Å². The average Bonchev–Trinajstić information content (AvgIpc) is 2.43. The molecular weight excluding hydrogens is 250 g/mol. The van der Waals surface area contributed by atoms with E-state index in [1.54, 1.807) is 11.9 Å². The van der Waals surface area contributed by atoms with Crippen molar-refractivity contribution in [2.45, 2.75) is 19.3 Å². The van der Waals surface area contributed by atoms with E-state index >= 15 is 0 Å². The van der Waals surface area contributed by atoms with Gasteiger partial charge in [-0.1, -0.05) is 0 Å². The van der Waals surface area contributed by atoms with E-state index in [4.69, 9.17) is 5.11 Å². The Bertz CT molecular complexity index is 338. The van der Waals surface area contributed by atoms with E-state index in [0.29, 0.717) is 38.9 Å². The Hall–Kier alpha value is -1.63. The standard InChI is InChI=1S/C12H21N3O4/c1-13-10(16)2-5-14-8-11(17)15-6-3-9(4-7-15)12(18)19/h9,14H,2-8H2,1H3,(H,13,16)(H,18,19). The van der Waals surface area contributed by atoms with Crippen LogP contribution in [0.25, 0.3) is 0 Å². The van der Waals surface area contributed by atoms with Crippen molar-refractivity contribution in [2.24, 2.45) is 5.92 Å². The Balaban J connectivity index is 2.17. The molecule has 0 aromatic heterocycles. The van der Waals surface area contributed by atoms with Crippen LogP contribution >= 0.6 is 0 Å². The number of nitrogens with one attached hydrogen (secondary N) is 2. The number of hydrogen-bond donors (Lipinski definition) is 3. The van der Waals surface area contributed by atoms with E-state index in [1.165, 1.54) is 0 Å². The summed E-state index contributed by atoms with van der Waals surface area (Å²) in [6.45, 7) is 1.63. The first-order valence-electron chi connectivity index (χ1n) is 6.46. The molecule has 0 unspecified atom stereocenters. The first kappa shape index (κ1) is 15.4. The Morgan fingerprint density at radius 2 is 1.89 bits per heavy atom. The second-order valence-corrected chi connectivity index (χ2v) is 4.59. The highest BCUT2D eigenvalue weighted by Crippen LogP contribution is 2.16. The summed E-state index contributed by atoms with van der Waals surface area (Å²) >= 11 is 0. The molecule has 3 N–H and O–H groups in total. The molecule has 7 nitrogen and oxygen atoms in total. The fraction of sp³-hybridized carbons (Fsp3) is 0.750. The van der Waals surface area contributed by atoms with Crippen LogP contribution in [0.5, 0.6) is 0 Å². The van der Waals surface area contributed by atoms with Gasteiger partial charge < -0.3 is 20.6 Å². The topological polar surface area (TPSA) is 98.7 Å². The lowest BCUT2D eigenvalue weighted by Gasteiger charge is -2.30. The number of aliphatic carboxylic acids is 1. The van der Waals surface area contributed by atoms with Crippen molar-refractivity contribution in [3.8, 4) is 0 Å². The molecule has 1 fully saturated rings. The lowest BCUT2D eigenvalue weighted by molar-refractivity contribution is -0.145. The predicted octanol–water partition coefficient (Wildman–Crippen LogP) is -0.965. The molecule has 1 rings (SSSR count). The number of piperidine rings is 1. The van der Waals surface area contributed by atoms with Crippen molar-refractivity contribution >= 4 is 17.8 Å². The summed E-state index contributed by atoms with van der Waals surface area (Å²) in [5.74, 6) is -1.22. The first-order valence-corrected chi connectivity index (χ1v) is 6.46. The van der Waals surface area contributed by atoms with Crippen LogP contribution in [0.3, 0.4) is 0 Å². The number of carbonyl (C=O) groups excluding carboxylic acids is 2. The summed E-state index contributed by atoms with van der Waals surface area (Å²) in [6.07, 6.45) is 1.36. The van der Waals surface area contributed by atoms with Gasteiger partial charge in [-0.2, -0.15) is 0 Å². The minimum atomic E-state index is -0.782. The number of carboxylic acid groups (broad SMARTS) is 1. The van der Waals surface area contributed by atoms with Crippen LogP contribution in [0.2, 0.25) is 0 Å². The molecule has 0 radical (unpaired) electrons. The van der Waals surface area contributed by atoms with Crippen LogP contribution in [-0.2, 0) is 14.4 Å². The number of carboxylic acids is 1. The highest BCUT2D eigenvalue weighted by Gasteiger charge is 2.26. The number of rotatable bonds is 6. The van der Waals surface area contributed by atoms with E-state index in [-0.39, 0.29) is 24.3 Å². The largest absolute Gasteiger partial charge is 0.481 e. The van der Waals surface area contributed by atoms with E-state index in [9.17, 15) is 14.4 Å². The van der Waals surface area contributed by atoms with Crippen LogP contribution in [0, 0.1) is 5.92 Å². The minimum Gasteiger partial charge on any atom is -0.481 e. The minimum absolute atomic E-state index is 0.0410. The van der Waals surface area contributed by atoms with Gasteiger partial charge in [0.25, 0.3) is 0 Å².